The minimum Gasteiger partial charge on any atom is -0.291 e. The molecule has 0 aliphatic heterocycles. The van der Waals surface area contributed by atoms with Crippen LogP contribution in [0, 0.1) is 11.3 Å². The van der Waals surface area contributed by atoms with Gasteiger partial charge < -0.3 is 0 Å². The summed E-state index contributed by atoms with van der Waals surface area (Å²) in [6, 6.07) is 10.4. The van der Waals surface area contributed by atoms with Gasteiger partial charge in [0.05, 0.1) is 11.6 Å². The Kier molecular flexibility index (Phi) is 2.84. The molecule has 78 valence electrons. The van der Waals surface area contributed by atoms with Gasteiger partial charge in [-0.25, -0.2) is 4.98 Å². The van der Waals surface area contributed by atoms with Crippen molar-refractivity contribution < 1.29 is 4.79 Å². The zero-order valence-corrected chi connectivity index (χ0v) is 9.03. The Bertz CT molecular complexity index is 601. The number of pyridine rings is 1. The van der Waals surface area contributed by atoms with Crippen LogP contribution in [-0.4, -0.2) is 10.8 Å². The van der Waals surface area contributed by atoms with Gasteiger partial charge in [0, 0.05) is 10.4 Å². The van der Waals surface area contributed by atoms with E-state index in [1.807, 2.05) is 6.07 Å². The molecule has 0 atom stereocenters. The Morgan fingerprint density at radius 3 is 2.94 bits per heavy atom. The van der Waals surface area contributed by atoms with E-state index in [0.717, 1.165) is 5.39 Å². The summed E-state index contributed by atoms with van der Waals surface area (Å²) in [7, 11) is 0. The van der Waals surface area contributed by atoms with Gasteiger partial charge in [-0.1, -0.05) is 17.7 Å². The largest absolute Gasteiger partial charge is 0.291 e. The molecule has 2 rings (SSSR count). The number of halogens is 1. The number of carbonyl (C=O) groups excluding carboxylic acids is 1. The molecule has 0 radical (unpaired) electrons. The molecule has 0 saturated heterocycles. The molecule has 0 aliphatic rings. The molecule has 0 spiro atoms. The number of aromatic nitrogens is 1. The molecule has 2 aromatic rings. The van der Waals surface area contributed by atoms with E-state index >= 15 is 0 Å². The number of fused-ring (bicyclic) bond motifs is 1. The molecule has 4 heteroatoms. The lowest BCUT2D eigenvalue weighted by atomic mass is 10.1. The van der Waals surface area contributed by atoms with Crippen molar-refractivity contribution in [2.24, 2.45) is 0 Å². The van der Waals surface area contributed by atoms with E-state index in [0.29, 0.717) is 16.2 Å². The molecule has 0 aliphatic carbocycles. The van der Waals surface area contributed by atoms with Gasteiger partial charge in [0.2, 0.25) is 0 Å². The molecule has 3 nitrogen and oxygen atoms in total. The lowest BCUT2D eigenvalue weighted by molar-refractivity contribution is 0.0993. The average molecular weight is 231 g/mol. The highest BCUT2D eigenvalue weighted by Crippen LogP contribution is 2.18. The molecule has 1 aromatic heterocycles. The molecule has 1 heterocycles. The summed E-state index contributed by atoms with van der Waals surface area (Å²) in [4.78, 5) is 15.6. The summed E-state index contributed by atoms with van der Waals surface area (Å²) in [5, 5.41) is 9.94. The minimum absolute atomic E-state index is 0.147. The molecule has 0 saturated carbocycles. The highest BCUT2D eigenvalue weighted by atomic mass is 35.5. The maximum absolute atomic E-state index is 11.4. The van der Waals surface area contributed by atoms with Gasteiger partial charge >= 0.3 is 0 Å². The zero-order chi connectivity index (χ0) is 11.5. The van der Waals surface area contributed by atoms with Crippen LogP contribution >= 0.6 is 11.6 Å². The number of benzene rings is 1. The molecule has 1 aromatic carbocycles. The molecule has 0 fully saturated rings. The van der Waals surface area contributed by atoms with E-state index in [9.17, 15) is 4.79 Å². The summed E-state index contributed by atoms with van der Waals surface area (Å²) in [6.07, 6.45) is -0.147. The van der Waals surface area contributed by atoms with Crippen LogP contribution in [-0.2, 0) is 0 Å². The number of rotatable bonds is 2. The molecular weight excluding hydrogens is 224 g/mol. The predicted molar refractivity (Wildman–Crippen MR) is 61.3 cm³/mol. The van der Waals surface area contributed by atoms with Crippen molar-refractivity contribution in [3.05, 3.63) is 41.0 Å². The first-order valence-corrected chi connectivity index (χ1v) is 5.05. The van der Waals surface area contributed by atoms with Gasteiger partial charge in [-0.3, -0.25) is 4.79 Å². The third-order valence-electron chi connectivity index (χ3n) is 2.18. The lowest BCUT2D eigenvalue weighted by Crippen LogP contribution is -2.00. The topological polar surface area (TPSA) is 53.8 Å². The normalized spacial score (nSPS) is 10.0. The first-order chi connectivity index (χ1) is 7.70. The number of Topliss-reactive ketones (excluding diaryl/α,β-unsaturated/α-hetero) is 1. The van der Waals surface area contributed by atoms with Gasteiger partial charge in [-0.15, -0.1) is 0 Å². The van der Waals surface area contributed by atoms with Crippen molar-refractivity contribution in [3.63, 3.8) is 0 Å². The van der Waals surface area contributed by atoms with Gasteiger partial charge in [0.15, 0.2) is 5.78 Å². The number of hydrogen-bond donors (Lipinski definition) is 0. The van der Waals surface area contributed by atoms with Crippen LogP contribution in [0.4, 0.5) is 0 Å². The number of nitriles is 1. The summed E-state index contributed by atoms with van der Waals surface area (Å²) in [6.45, 7) is 0. The Morgan fingerprint density at radius 1 is 1.38 bits per heavy atom. The number of ketones is 1. The summed E-state index contributed by atoms with van der Waals surface area (Å²) in [5.74, 6) is -0.264. The van der Waals surface area contributed by atoms with Crippen LogP contribution in [0.5, 0.6) is 0 Å². The van der Waals surface area contributed by atoms with E-state index in [1.165, 1.54) is 0 Å². The van der Waals surface area contributed by atoms with E-state index in [4.69, 9.17) is 16.9 Å². The summed E-state index contributed by atoms with van der Waals surface area (Å²) >= 11 is 5.83. The second-order valence-corrected chi connectivity index (χ2v) is 3.73. The summed E-state index contributed by atoms with van der Waals surface area (Å²) < 4.78 is 0. The highest BCUT2D eigenvalue weighted by molar-refractivity contribution is 6.31. The van der Waals surface area contributed by atoms with Gasteiger partial charge in [-0.2, -0.15) is 5.26 Å². The Hall–Kier alpha value is -1.92. The zero-order valence-electron chi connectivity index (χ0n) is 8.27. The monoisotopic (exact) mass is 230 g/mol. The number of hydrogen-bond acceptors (Lipinski definition) is 3. The summed E-state index contributed by atoms with van der Waals surface area (Å²) in [5.41, 5.74) is 1.02. The van der Waals surface area contributed by atoms with Crippen molar-refractivity contribution in [2.75, 3.05) is 0 Å². The quantitative estimate of drug-likeness (QED) is 0.746. The van der Waals surface area contributed by atoms with Crippen LogP contribution < -0.4 is 0 Å². The minimum atomic E-state index is -0.264. The smallest absolute Gasteiger partial charge is 0.195 e. The molecule has 0 amide bonds. The van der Waals surface area contributed by atoms with E-state index in [-0.39, 0.29) is 12.2 Å². The third-order valence-corrected chi connectivity index (χ3v) is 2.41. The van der Waals surface area contributed by atoms with Crippen molar-refractivity contribution in [1.82, 2.24) is 4.98 Å². The van der Waals surface area contributed by atoms with Crippen molar-refractivity contribution >= 4 is 28.3 Å². The molecular formula is C12H7ClN2O. The SMILES string of the molecule is N#CCC(=O)c1ccc2cc(Cl)ccc2n1. The van der Waals surface area contributed by atoms with Gasteiger partial charge in [0.1, 0.15) is 12.1 Å². The number of nitrogens with zero attached hydrogens (tertiary/aromatic N) is 2. The molecule has 0 unspecified atom stereocenters. The lowest BCUT2D eigenvalue weighted by Gasteiger charge is -2.00. The first kappa shape index (κ1) is 10.6. The van der Waals surface area contributed by atoms with Crippen LogP contribution in [0.25, 0.3) is 10.9 Å². The Balaban J connectivity index is 2.49. The van der Waals surface area contributed by atoms with Gasteiger partial charge in [0.25, 0.3) is 0 Å². The third kappa shape index (κ3) is 2.02. The van der Waals surface area contributed by atoms with Crippen LogP contribution in [0.2, 0.25) is 5.02 Å². The fourth-order valence-corrected chi connectivity index (χ4v) is 1.59. The second kappa shape index (κ2) is 4.30. The Morgan fingerprint density at radius 2 is 2.19 bits per heavy atom. The van der Waals surface area contributed by atoms with Crippen LogP contribution in [0.1, 0.15) is 16.9 Å². The van der Waals surface area contributed by atoms with E-state index in [2.05, 4.69) is 4.98 Å². The highest BCUT2D eigenvalue weighted by Gasteiger charge is 2.07. The van der Waals surface area contributed by atoms with Crippen LogP contribution in [0.15, 0.2) is 30.3 Å². The molecule has 0 N–H and O–H groups in total. The fraction of sp³-hybridized carbons (Fsp3) is 0.0833. The van der Waals surface area contributed by atoms with Crippen molar-refractivity contribution in [1.29, 1.82) is 5.26 Å². The predicted octanol–water partition coefficient (Wildman–Crippen LogP) is 2.98. The fourth-order valence-electron chi connectivity index (χ4n) is 1.41. The first-order valence-electron chi connectivity index (χ1n) is 4.67. The maximum Gasteiger partial charge on any atom is 0.195 e. The molecule has 16 heavy (non-hydrogen) atoms. The Labute approximate surface area is 97.3 Å². The van der Waals surface area contributed by atoms with Crippen molar-refractivity contribution in [3.8, 4) is 6.07 Å². The molecule has 0 bridgehead atoms. The van der Waals surface area contributed by atoms with Crippen molar-refractivity contribution in [2.45, 2.75) is 6.42 Å². The van der Waals surface area contributed by atoms with Crippen LogP contribution in [0.3, 0.4) is 0 Å². The van der Waals surface area contributed by atoms with E-state index in [1.54, 1.807) is 30.3 Å². The van der Waals surface area contributed by atoms with Gasteiger partial charge in [-0.05, 0) is 24.3 Å². The average Bonchev–Trinajstić information content (AvgIpc) is 2.28. The van der Waals surface area contributed by atoms with E-state index < -0.39 is 0 Å². The standard InChI is InChI=1S/C12H7ClN2O/c13-9-2-4-10-8(7-9)1-3-11(15-10)12(16)5-6-14/h1-4,7H,5H2. The second-order valence-electron chi connectivity index (χ2n) is 3.29. The maximum atomic E-state index is 11.4. The number of carbonyl (C=O) groups is 1.